The summed E-state index contributed by atoms with van der Waals surface area (Å²) in [5.41, 5.74) is 0.224. The summed E-state index contributed by atoms with van der Waals surface area (Å²) in [7, 11) is 3.91. The zero-order valence-corrected chi connectivity index (χ0v) is 16.5. The Labute approximate surface area is 169 Å². The number of likely N-dealkylation sites (tertiary alicyclic amines) is 1. The van der Waals surface area contributed by atoms with Crippen LogP contribution in [0.2, 0.25) is 0 Å². The van der Waals surface area contributed by atoms with Crippen molar-refractivity contribution in [3.63, 3.8) is 0 Å². The number of rotatable bonds is 8. The van der Waals surface area contributed by atoms with Gasteiger partial charge in [-0.05, 0) is 29.8 Å². The van der Waals surface area contributed by atoms with Gasteiger partial charge in [-0.3, -0.25) is 9.59 Å². The second-order valence-electron chi connectivity index (χ2n) is 7.07. The molecule has 1 N–H and O–H groups in total. The third-order valence-electron chi connectivity index (χ3n) is 4.68. The molecular formula is C22H24N2O5. The molecule has 1 amide bonds. The van der Waals surface area contributed by atoms with Gasteiger partial charge in [0.05, 0.1) is 33.4 Å². The van der Waals surface area contributed by atoms with Gasteiger partial charge in [0, 0.05) is 5.57 Å². The Bertz CT molecular complexity index is 913. The highest BCUT2D eigenvalue weighted by atomic mass is 16.5. The second-order valence-corrected chi connectivity index (χ2v) is 7.07. The molecule has 29 heavy (non-hydrogen) atoms. The van der Waals surface area contributed by atoms with Gasteiger partial charge >= 0.3 is 0 Å². The first-order valence-corrected chi connectivity index (χ1v) is 9.37. The van der Waals surface area contributed by atoms with Gasteiger partial charge in [-0.15, -0.1) is 0 Å². The molecule has 0 saturated carbocycles. The Morgan fingerprint density at radius 2 is 2.00 bits per heavy atom. The number of quaternary nitrogens is 1. The molecule has 1 aromatic carbocycles. The van der Waals surface area contributed by atoms with E-state index in [9.17, 15) is 14.7 Å². The molecule has 0 bridgehead atoms. The van der Waals surface area contributed by atoms with E-state index in [0.29, 0.717) is 36.8 Å². The predicted octanol–water partition coefficient (Wildman–Crippen LogP) is 0.213. The molecule has 7 nitrogen and oxygen atoms in total. The van der Waals surface area contributed by atoms with E-state index < -0.39 is 23.5 Å². The summed E-state index contributed by atoms with van der Waals surface area (Å²) in [6, 6.07) is 8.97. The van der Waals surface area contributed by atoms with Crippen molar-refractivity contribution < 1.29 is 28.7 Å². The molecule has 1 aliphatic heterocycles. The molecule has 2 heterocycles. The van der Waals surface area contributed by atoms with Crippen LogP contribution in [0.5, 0.6) is 5.75 Å². The van der Waals surface area contributed by atoms with Crippen molar-refractivity contribution >= 4 is 17.4 Å². The van der Waals surface area contributed by atoms with Crippen molar-refractivity contribution in [2.24, 2.45) is 0 Å². The lowest BCUT2D eigenvalue weighted by molar-refractivity contribution is -0.857. The van der Waals surface area contributed by atoms with Crippen LogP contribution in [0.1, 0.15) is 17.4 Å². The van der Waals surface area contributed by atoms with Crippen LogP contribution < -0.4 is 14.7 Å². The SMILES string of the molecule is C=CCOc1ccc(/C([O-])=C2\C(=O)C(=O)N(CC[NH+](C)C)C2c2ccco2)cc1. The molecule has 1 saturated heterocycles. The maximum absolute atomic E-state index is 13.2. The Morgan fingerprint density at radius 1 is 1.28 bits per heavy atom. The number of ketones is 1. The van der Waals surface area contributed by atoms with Gasteiger partial charge in [-0.2, -0.15) is 0 Å². The molecule has 0 spiro atoms. The summed E-state index contributed by atoms with van der Waals surface area (Å²) in [4.78, 5) is 28.0. The lowest BCUT2D eigenvalue weighted by Crippen LogP contribution is -3.06. The fourth-order valence-electron chi connectivity index (χ4n) is 3.20. The number of carbonyl (C=O) groups excluding carboxylic acids is 2. The van der Waals surface area contributed by atoms with Crippen molar-refractivity contribution in [1.29, 1.82) is 0 Å². The first-order valence-electron chi connectivity index (χ1n) is 9.37. The topological polar surface area (TPSA) is 87.2 Å². The average molecular weight is 396 g/mol. The minimum absolute atomic E-state index is 0.0848. The van der Waals surface area contributed by atoms with E-state index in [-0.39, 0.29) is 5.57 Å². The summed E-state index contributed by atoms with van der Waals surface area (Å²) in [5.74, 6) is -0.968. The smallest absolute Gasteiger partial charge is 0.295 e. The van der Waals surface area contributed by atoms with Gasteiger partial charge < -0.3 is 24.1 Å². The van der Waals surface area contributed by atoms with E-state index in [2.05, 4.69) is 6.58 Å². The van der Waals surface area contributed by atoms with Crippen molar-refractivity contribution in [3.05, 3.63) is 72.2 Å². The Morgan fingerprint density at radius 3 is 2.59 bits per heavy atom. The number of ether oxygens (including phenoxy) is 1. The highest BCUT2D eigenvalue weighted by Crippen LogP contribution is 2.38. The van der Waals surface area contributed by atoms with E-state index >= 15 is 0 Å². The molecule has 0 aliphatic carbocycles. The maximum Gasteiger partial charge on any atom is 0.295 e. The summed E-state index contributed by atoms with van der Waals surface area (Å²) < 4.78 is 10.9. The lowest BCUT2D eigenvalue weighted by Gasteiger charge is -2.25. The summed E-state index contributed by atoms with van der Waals surface area (Å²) >= 11 is 0. The highest BCUT2D eigenvalue weighted by molar-refractivity contribution is 6.46. The van der Waals surface area contributed by atoms with Gasteiger partial charge in [0.2, 0.25) is 5.78 Å². The second kappa shape index (κ2) is 8.79. The number of nitrogens with zero attached hydrogens (tertiary/aromatic N) is 1. The number of hydrogen-bond acceptors (Lipinski definition) is 5. The molecule has 1 atom stereocenters. The van der Waals surface area contributed by atoms with E-state index in [1.54, 1.807) is 42.5 Å². The quantitative estimate of drug-likeness (QED) is 0.298. The minimum atomic E-state index is -0.825. The Hall–Kier alpha value is -3.32. The number of hydrogen-bond donors (Lipinski definition) is 1. The van der Waals surface area contributed by atoms with Crippen LogP contribution in [0.25, 0.3) is 5.76 Å². The van der Waals surface area contributed by atoms with Crippen LogP contribution >= 0.6 is 0 Å². The zero-order valence-electron chi connectivity index (χ0n) is 16.5. The van der Waals surface area contributed by atoms with Gasteiger partial charge in [-0.25, -0.2) is 0 Å². The average Bonchev–Trinajstić information content (AvgIpc) is 3.32. The molecule has 2 aromatic rings. The number of nitrogens with one attached hydrogen (secondary N) is 1. The van der Waals surface area contributed by atoms with Gasteiger partial charge in [0.1, 0.15) is 24.2 Å². The van der Waals surface area contributed by atoms with Crippen LogP contribution in [0, 0.1) is 0 Å². The normalized spacial score (nSPS) is 18.4. The van der Waals surface area contributed by atoms with Crippen molar-refractivity contribution in [2.75, 3.05) is 33.8 Å². The molecule has 7 heteroatoms. The maximum atomic E-state index is 13.2. The number of benzene rings is 1. The molecule has 1 aromatic heterocycles. The molecule has 1 aliphatic rings. The largest absolute Gasteiger partial charge is 0.872 e. The van der Waals surface area contributed by atoms with Gasteiger partial charge in [-0.1, -0.05) is 30.5 Å². The van der Waals surface area contributed by atoms with Gasteiger partial charge in [0.25, 0.3) is 5.91 Å². The van der Waals surface area contributed by atoms with E-state index in [1.165, 1.54) is 11.2 Å². The van der Waals surface area contributed by atoms with Crippen molar-refractivity contribution in [1.82, 2.24) is 4.90 Å². The van der Waals surface area contributed by atoms with Crippen LogP contribution in [-0.4, -0.2) is 50.4 Å². The molecule has 0 radical (unpaired) electrons. The highest BCUT2D eigenvalue weighted by Gasteiger charge is 2.45. The third kappa shape index (κ3) is 4.25. The molecule has 3 rings (SSSR count). The number of likely N-dealkylation sites (N-methyl/N-ethyl adjacent to an activating group) is 1. The van der Waals surface area contributed by atoms with Crippen LogP contribution in [0.4, 0.5) is 0 Å². The van der Waals surface area contributed by atoms with E-state index in [4.69, 9.17) is 9.15 Å². The molecular weight excluding hydrogens is 372 g/mol. The van der Waals surface area contributed by atoms with Crippen molar-refractivity contribution in [2.45, 2.75) is 6.04 Å². The molecule has 152 valence electrons. The number of amides is 1. The number of carbonyl (C=O) groups is 2. The molecule has 1 unspecified atom stereocenters. The number of Topliss-reactive ketones (excluding diaryl/α,β-unsaturated/α-hetero) is 1. The molecule has 1 fully saturated rings. The van der Waals surface area contributed by atoms with E-state index in [1.807, 2.05) is 14.1 Å². The van der Waals surface area contributed by atoms with Crippen LogP contribution in [0.3, 0.4) is 0 Å². The summed E-state index contributed by atoms with van der Waals surface area (Å²) in [6.07, 6.45) is 3.08. The summed E-state index contributed by atoms with van der Waals surface area (Å²) in [6.45, 7) is 4.90. The van der Waals surface area contributed by atoms with Crippen LogP contribution in [-0.2, 0) is 9.59 Å². The predicted molar refractivity (Wildman–Crippen MR) is 105 cm³/mol. The Balaban J connectivity index is 2.00. The standard InChI is InChI=1S/C22H24N2O5/c1-4-13-28-16-9-7-15(8-10-16)20(25)18-19(17-6-5-14-29-17)24(12-11-23(2)3)22(27)21(18)26/h4-10,14,19,25H,1,11-13H2,2-3H3/b20-18+. The monoisotopic (exact) mass is 396 g/mol. The summed E-state index contributed by atoms with van der Waals surface area (Å²) in [5, 5.41) is 13.2. The van der Waals surface area contributed by atoms with E-state index in [0.717, 1.165) is 4.90 Å². The minimum Gasteiger partial charge on any atom is -0.872 e. The van der Waals surface area contributed by atoms with Gasteiger partial charge in [0.15, 0.2) is 0 Å². The fraction of sp³-hybridized carbons (Fsp3) is 0.273. The zero-order chi connectivity index (χ0) is 21.0. The first-order chi connectivity index (χ1) is 13.9. The lowest BCUT2D eigenvalue weighted by atomic mass is 9.99. The first kappa shape index (κ1) is 20.4. The fourth-order valence-corrected chi connectivity index (χ4v) is 3.20. The van der Waals surface area contributed by atoms with Crippen molar-refractivity contribution in [3.8, 4) is 5.75 Å². The Kier molecular flexibility index (Phi) is 6.19. The third-order valence-corrected chi connectivity index (χ3v) is 4.68. The number of furan rings is 1. The van der Waals surface area contributed by atoms with Crippen LogP contribution in [0.15, 0.2) is 65.3 Å².